The molecule has 4 aromatic rings. The fourth-order valence-corrected chi connectivity index (χ4v) is 4.43. The van der Waals surface area contributed by atoms with E-state index < -0.39 is 27.9 Å². The van der Waals surface area contributed by atoms with Crippen molar-refractivity contribution in [3.05, 3.63) is 96.3 Å². The van der Waals surface area contributed by atoms with Gasteiger partial charge in [-0.25, -0.2) is 18.1 Å². The summed E-state index contributed by atoms with van der Waals surface area (Å²) >= 11 is 0. The maximum Gasteiger partial charge on any atom is 0.269 e. The Morgan fingerprint density at radius 2 is 1.68 bits per heavy atom. The van der Waals surface area contributed by atoms with Crippen LogP contribution in [-0.2, 0) is 21.4 Å². The zero-order valence-corrected chi connectivity index (χ0v) is 19.1. The third-order valence-electron chi connectivity index (χ3n) is 5.29. The number of para-hydroxylation sites is 2. The molecule has 0 aliphatic carbocycles. The van der Waals surface area contributed by atoms with Crippen molar-refractivity contribution >= 4 is 32.9 Å². The Bertz CT molecular complexity index is 1430. The molecule has 4 rings (SSSR count). The standard InChI is InChI=1S/C24H23N5O4S/c1-17(29-16-25-21-12-5-6-13-22(21)29)23(30)27-28-24(31)19-10-7-11-20(14-19)34(32,33)26-15-18-8-3-2-4-9-18/h2-14,16-17,26H,15H2,1H3,(H,27,30)(H,28,31). The van der Waals surface area contributed by atoms with Crippen LogP contribution in [-0.4, -0.2) is 29.8 Å². The molecule has 1 unspecified atom stereocenters. The second kappa shape index (κ2) is 9.86. The number of carbonyl (C=O) groups is 2. The molecule has 0 bridgehead atoms. The second-order valence-electron chi connectivity index (χ2n) is 7.60. The SMILES string of the molecule is CC(C(=O)NNC(=O)c1cccc(S(=O)(=O)NCc2ccccc2)c1)n1cnc2ccccc21. The zero-order chi connectivity index (χ0) is 24.1. The van der Waals surface area contributed by atoms with Crippen LogP contribution in [0.2, 0.25) is 0 Å². The number of carbonyl (C=O) groups excluding carboxylic acids is 2. The van der Waals surface area contributed by atoms with Gasteiger partial charge in [0.05, 0.1) is 22.3 Å². The number of rotatable bonds is 7. The van der Waals surface area contributed by atoms with E-state index in [1.165, 1.54) is 24.3 Å². The minimum absolute atomic E-state index is 0.0549. The van der Waals surface area contributed by atoms with Crippen LogP contribution in [0.15, 0.2) is 90.1 Å². The molecular formula is C24H23N5O4S. The van der Waals surface area contributed by atoms with Gasteiger partial charge in [-0.1, -0.05) is 48.5 Å². The highest BCUT2D eigenvalue weighted by Crippen LogP contribution is 2.17. The minimum atomic E-state index is -3.84. The van der Waals surface area contributed by atoms with Crippen molar-refractivity contribution in [2.75, 3.05) is 0 Å². The smallest absolute Gasteiger partial charge is 0.269 e. The van der Waals surface area contributed by atoms with E-state index in [9.17, 15) is 18.0 Å². The Labute approximate surface area is 196 Å². The van der Waals surface area contributed by atoms with E-state index in [0.717, 1.165) is 16.6 Å². The van der Waals surface area contributed by atoms with Gasteiger partial charge in [0.1, 0.15) is 6.04 Å². The molecule has 0 saturated carbocycles. The summed E-state index contributed by atoms with van der Waals surface area (Å²) in [6, 6.07) is 21.4. The molecule has 0 fully saturated rings. The summed E-state index contributed by atoms with van der Waals surface area (Å²) < 4.78 is 29.5. The molecule has 0 radical (unpaired) electrons. The molecule has 0 aliphatic rings. The maximum atomic E-state index is 12.7. The van der Waals surface area contributed by atoms with Crippen molar-refractivity contribution in [1.82, 2.24) is 25.1 Å². The van der Waals surface area contributed by atoms with Gasteiger partial charge in [0.2, 0.25) is 10.0 Å². The minimum Gasteiger partial charge on any atom is -0.318 e. The Morgan fingerprint density at radius 1 is 0.941 bits per heavy atom. The van der Waals surface area contributed by atoms with Crippen LogP contribution < -0.4 is 15.6 Å². The Morgan fingerprint density at radius 3 is 2.47 bits per heavy atom. The van der Waals surface area contributed by atoms with Crippen LogP contribution in [0.25, 0.3) is 11.0 Å². The molecule has 174 valence electrons. The van der Waals surface area contributed by atoms with E-state index in [4.69, 9.17) is 0 Å². The predicted octanol–water partition coefficient (Wildman–Crippen LogP) is 2.54. The number of hydrazine groups is 1. The topological polar surface area (TPSA) is 122 Å². The molecular weight excluding hydrogens is 454 g/mol. The molecule has 1 aromatic heterocycles. The van der Waals surface area contributed by atoms with Crippen LogP contribution in [0.1, 0.15) is 28.9 Å². The van der Waals surface area contributed by atoms with Crippen molar-refractivity contribution in [3.63, 3.8) is 0 Å². The van der Waals surface area contributed by atoms with Gasteiger partial charge < -0.3 is 4.57 Å². The third kappa shape index (κ3) is 5.13. The van der Waals surface area contributed by atoms with Gasteiger partial charge in [0, 0.05) is 12.1 Å². The molecule has 2 amide bonds. The average Bonchev–Trinajstić information content (AvgIpc) is 3.30. The molecule has 1 heterocycles. The normalized spacial score (nSPS) is 12.3. The number of sulfonamides is 1. The van der Waals surface area contributed by atoms with Gasteiger partial charge in [0.15, 0.2) is 0 Å². The number of hydrogen-bond donors (Lipinski definition) is 3. The van der Waals surface area contributed by atoms with Crippen molar-refractivity contribution < 1.29 is 18.0 Å². The van der Waals surface area contributed by atoms with Gasteiger partial charge in [-0.3, -0.25) is 20.4 Å². The molecule has 3 N–H and O–H groups in total. The van der Waals surface area contributed by atoms with E-state index in [0.29, 0.717) is 0 Å². The molecule has 34 heavy (non-hydrogen) atoms. The summed E-state index contributed by atoms with van der Waals surface area (Å²) in [5.74, 6) is -1.10. The summed E-state index contributed by atoms with van der Waals surface area (Å²) in [7, 11) is -3.84. The molecule has 3 aromatic carbocycles. The van der Waals surface area contributed by atoms with Crippen molar-refractivity contribution in [2.45, 2.75) is 24.4 Å². The monoisotopic (exact) mass is 477 g/mol. The first-order chi connectivity index (χ1) is 16.3. The number of amides is 2. The van der Waals surface area contributed by atoms with E-state index in [2.05, 4.69) is 20.6 Å². The number of nitrogens with one attached hydrogen (secondary N) is 3. The van der Waals surface area contributed by atoms with Gasteiger partial charge in [-0.15, -0.1) is 0 Å². The fourth-order valence-electron chi connectivity index (χ4n) is 3.37. The third-order valence-corrected chi connectivity index (χ3v) is 6.69. The number of fused-ring (bicyclic) bond motifs is 1. The lowest BCUT2D eigenvalue weighted by molar-refractivity contribution is -0.124. The number of benzene rings is 3. The Balaban J connectivity index is 1.39. The summed E-state index contributed by atoms with van der Waals surface area (Å²) in [5.41, 5.74) is 7.16. The highest BCUT2D eigenvalue weighted by Gasteiger charge is 2.19. The number of aromatic nitrogens is 2. The van der Waals surface area contributed by atoms with Crippen LogP contribution >= 0.6 is 0 Å². The molecule has 0 spiro atoms. The predicted molar refractivity (Wildman–Crippen MR) is 127 cm³/mol. The average molecular weight is 478 g/mol. The lowest BCUT2D eigenvalue weighted by atomic mass is 10.2. The van der Waals surface area contributed by atoms with E-state index >= 15 is 0 Å². The first-order valence-corrected chi connectivity index (χ1v) is 12.0. The molecule has 9 nitrogen and oxygen atoms in total. The second-order valence-corrected chi connectivity index (χ2v) is 9.36. The first kappa shape index (κ1) is 23.1. The Kier molecular flexibility index (Phi) is 6.71. The van der Waals surface area contributed by atoms with Gasteiger partial charge in [-0.2, -0.15) is 0 Å². The molecule has 0 saturated heterocycles. The number of hydrogen-bond acceptors (Lipinski definition) is 5. The highest BCUT2D eigenvalue weighted by atomic mass is 32.2. The van der Waals surface area contributed by atoms with E-state index in [1.807, 2.05) is 54.6 Å². The summed E-state index contributed by atoms with van der Waals surface area (Å²) in [4.78, 5) is 29.4. The van der Waals surface area contributed by atoms with Gasteiger partial charge in [-0.05, 0) is 42.8 Å². The number of imidazole rings is 1. The lowest BCUT2D eigenvalue weighted by Gasteiger charge is -2.15. The highest BCUT2D eigenvalue weighted by molar-refractivity contribution is 7.89. The quantitative estimate of drug-likeness (QED) is 0.353. The van der Waals surface area contributed by atoms with Crippen LogP contribution in [0.3, 0.4) is 0 Å². The van der Waals surface area contributed by atoms with Crippen molar-refractivity contribution in [3.8, 4) is 0 Å². The van der Waals surface area contributed by atoms with E-state index in [1.54, 1.807) is 17.8 Å². The van der Waals surface area contributed by atoms with Gasteiger partial charge in [0.25, 0.3) is 11.8 Å². The summed E-state index contributed by atoms with van der Waals surface area (Å²) in [6.07, 6.45) is 1.56. The van der Waals surface area contributed by atoms with Gasteiger partial charge >= 0.3 is 0 Å². The van der Waals surface area contributed by atoms with Crippen molar-refractivity contribution in [1.29, 1.82) is 0 Å². The van der Waals surface area contributed by atoms with Crippen LogP contribution in [0, 0.1) is 0 Å². The molecule has 10 heteroatoms. The fraction of sp³-hybridized carbons (Fsp3) is 0.125. The number of nitrogens with zero attached hydrogens (tertiary/aromatic N) is 2. The Hall–Kier alpha value is -4.02. The van der Waals surface area contributed by atoms with Crippen molar-refractivity contribution in [2.24, 2.45) is 0 Å². The largest absolute Gasteiger partial charge is 0.318 e. The van der Waals surface area contributed by atoms with E-state index in [-0.39, 0.29) is 17.0 Å². The lowest BCUT2D eigenvalue weighted by Crippen LogP contribution is -2.44. The zero-order valence-electron chi connectivity index (χ0n) is 18.3. The molecule has 1 atom stereocenters. The molecule has 0 aliphatic heterocycles. The van der Waals surface area contributed by atoms with Crippen LogP contribution in [0.5, 0.6) is 0 Å². The summed E-state index contributed by atoms with van der Waals surface area (Å²) in [6.45, 7) is 1.80. The first-order valence-electron chi connectivity index (χ1n) is 10.5. The van der Waals surface area contributed by atoms with Crippen LogP contribution in [0.4, 0.5) is 0 Å². The summed E-state index contributed by atoms with van der Waals surface area (Å²) in [5, 5.41) is 0. The maximum absolute atomic E-state index is 12.7.